The van der Waals surface area contributed by atoms with Crippen molar-refractivity contribution in [1.82, 2.24) is 19.6 Å². The van der Waals surface area contributed by atoms with Crippen molar-refractivity contribution in [3.8, 4) is 0 Å². The summed E-state index contributed by atoms with van der Waals surface area (Å²) in [7, 11) is 1.94. The fraction of sp³-hybridized carbons (Fsp3) is 0.789. The predicted octanol–water partition coefficient (Wildman–Crippen LogP) is 1.71. The molecule has 0 aromatic carbocycles. The molecular formula is C19H32N4O2. The molecule has 0 aliphatic carbocycles. The number of amides is 1. The van der Waals surface area contributed by atoms with Gasteiger partial charge in [0.1, 0.15) is 0 Å². The van der Waals surface area contributed by atoms with Crippen LogP contribution >= 0.6 is 0 Å². The highest BCUT2D eigenvalue weighted by Gasteiger charge is 2.39. The molecule has 1 amide bonds. The van der Waals surface area contributed by atoms with Crippen LogP contribution in [0.1, 0.15) is 43.1 Å². The zero-order valence-electron chi connectivity index (χ0n) is 16.3. The fourth-order valence-electron chi connectivity index (χ4n) is 4.57. The second kappa shape index (κ2) is 7.46. The van der Waals surface area contributed by atoms with Crippen LogP contribution in [-0.2, 0) is 16.6 Å². The average molecular weight is 348 g/mol. The minimum atomic E-state index is -0.130. The Kier molecular flexibility index (Phi) is 5.49. The van der Waals surface area contributed by atoms with E-state index in [1.165, 1.54) is 0 Å². The van der Waals surface area contributed by atoms with Crippen molar-refractivity contribution in [2.45, 2.75) is 46.1 Å². The summed E-state index contributed by atoms with van der Waals surface area (Å²) in [6.07, 6.45) is 1.12. The summed E-state index contributed by atoms with van der Waals surface area (Å²) < 4.78 is 7.37. The molecular weight excluding hydrogens is 316 g/mol. The van der Waals surface area contributed by atoms with Gasteiger partial charge in [0.2, 0.25) is 5.91 Å². The maximum Gasteiger partial charge on any atom is 0.230 e. The predicted molar refractivity (Wildman–Crippen MR) is 97.6 cm³/mol. The third-order valence-corrected chi connectivity index (χ3v) is 6.13. The molecule has 2 fully saturated rings. The molecule has 25 heavy (non-hydrogen) atoms. The van der Waals surface area contributed by atoms with Crippen molar-refractivity contribution in [3.05, 3.63) is 17.0 Å². The lowest BCUT2D eigenvalue weighted by Crippen LogP contribution is -2.47. The van der Waals surface area contributed by atoms with E-state index < -0.39 is 0 Å². The van der Waals surface area contributed by atoms with E-state index >= 15 is 0 Å². The minimum absolute atomic E-state index is 0.130. The number of carbonyl (C=O) groups is 1. The number of hydrogen-bond donors (Lipinski definition) is 0. The van der Waals surface area contributed by atoms with E-state index in [0.717, 1.165) is 62.8 Å². The van der Waals surface area contributed by atoms with Gasteiger partial charge in [-0.1, -0.05) is 13.3 Å². The maximum atomic E-state index is 13.2. The quantitative estimate of drug-likeness (QED) is 0.831. The Hall–Kier alpha value is -1.40. The number of likely N-dealkylation sites (tertiary alicyclic amines) is 1. The third kappa shape index (κ3) is 3.47. The highest BCUT2D eigenvalue weighted by Crippen LogP contribution is 2.30. The van der Waals surface area contributed by atoms with Gasteiger partial charge in [0.25, 0.3) is 0 Å². The van der Waals surface area contributed by atoms with Gasteiger partial charge in [-0.2, -0.15) is 5.10 Å². The Morgan fingerprint density at radius 2 is 1.96 bits per heavy atom. The van der Waals surface area contributed by atoms with Gasteiger partial charge in [0.15, 0.2) is 0 Å². The SMILES string of the molecule is CC[C@@H]1CN(C(=O)[C@@H](C)c2c(C)nn(C)c2C)C[C@H]1N1CCOCC1. The number of rotatable bonds is 4. The van der Waals surface area contributed by atoms with Gasteiger partial charge in [-0.3, -0.25) is 14.4 Å². The zero-order chi connectivity index (χ0) is 18.1. The normalized spacial score (nSPS) is 26.2. The molecule has 2 saturated heterocycles. The first-order chi connectivity index (χ1) is 11.9. The Bertz CT molecular complexity index is 621. The number of hydrogen-bond acceptors (Lipinski definition) is 4. The molecule has 6 heteroatoms. The second-order valence-electron chi connectivity index (χ2n) is 7.56. The van der Waals surface area contributed by atoms with Crippen LogP contribution in [0.2, 0.25) is 0 Å². The van der Waals surface area contributed by atoms with E-state index in [4.69, 9.17) is 4.74 Å². The lowest BCUT2D eigenvalue weighted by atomic mass is 9.97. The van der Waals surface area contributed by atoms with Crippen LogP contribution < -0.4 is 0 Å². The first-order valence-corrected chi connectivity index (χ1v) is 9.54. The van der Waals surface area contributed by atoms with Crippen molar-refractivity contribution in [3.63, 3.8) is 0 Å². The highest BCUT2D eigenvalue weighted by molar-refractivity contribution is 5.84. The molecule has 1 aromatic heterocycles. The first-order valence-electron chi connectivity index (χ1n) is 9.54. The van der Waals surface area contributed by atoms with E-state index in [9.17, 15) is 4.79 Å². The van der Waals surface area contributed by atoms with Gasteiger partial charge >= 0.3 is 0 Å². The van der Waals surface area contributed by atoms with Crippen LogP contribution in [0.25, 0.3) is 0 Å². The van der Waals surface area contributed by atoms with Crippen molar-refractivity contribution < 1.29 is 9.53 Å². The Balaban J connectivity index is 1.73. The van der Waals surface area contributed by atoms with Crippen LogP contribution in [0.15, 0.2) is 0 Å². The summed E-state index contributed by atoms with van der Waals surface area (Å²) >= 11 is 0. The second-order valence-corrected chi connectivity index (χ2v) is 7.56. The van der Waals surface area contributed by atoms with E-state index in [2.05, 4.69) is 28.7 Å². The zero-order valence-corrected chi connectivity index (χ0v) is 16.3. The molecule has 2 aliphatic rings. The molecule has 0 N–H and O–H groups in total. The van der Waals surface area contributed by atoms with Gasteiger partial charge in [-0.15, -0.1) is 0 Å². The smallest absolute Gasteiger partial charge is 0.230 e. The number of aromatic nitrogens is 2. The Labute approximate surface area is 151 Å². The third-order valence-electron chi connectivity index (χ3n) is 6.13. The Morgan fingerprint density at radius 3 is 2.52 bits per heavy atom. The van der Waals surface area contributed by atoms with Crippen LogP contribution in [-0.4, -0.2) is 70.9 Å². The minimum Gasteiger partial charge on any atom is -0.379 e. The van der Waals surface area contributed by atoms with Gasteiger partial charge in [0.05, 0.1) is 24.8 Å². The van der Waals surface area contributed by atoms with Crippen LogP contribution in [0.3, 0.4) is 0 Å². The van der Waals surface area contributed by atoms with Crippen LogP contribution in [0.5, 0.6) is 0 Å². The summed E-state index contributed by atoms with van der Waals surface area (Å²) in [4.78, 5) is 17.8. The summed E-state index contributed by atoms with van der Waals surface area (Å²) in [6.45, 7) is 13.6. The maximum absolute atomic E-state index is 13.2. The van der Waals surface area contributed by atoms with E-state index in [0.29, 0.717) is 12.0 Å². The van der Waals surface area contributed by atoms with Gasteiger partial charge in [0, 0.05) is 50.5 Å². The topological polar surface area (TPSA) is 50.6 Å². The molecule has 0 spiro atoms. The van der Waals surface area contributed by atoms with Crippen LogP contribution in [0.4, 0.5) is 0 Å². The molecule has 3 atom stereocenters. The molecule has 6 nitrogen and oxygen atoms in total. The lowest BCUT2D eigenvalue weighted by Gasteiger charge is -2.34. The van der Waals surface area contributed by atoms with E-state index in [1.807, 2.05) is 25.6 Å². The molecule has 0 saturated carbocycles. The molecule has 0 bridgehead atoms. The monoisotopic (exact) mass is 348 g/mol. The number of morpholine rings is 1. The number of carbonyl (C=O) groups excluding carboxylic acids is 1. The van der Waals surface area contributed by atoms with Crippen molar-refractivity contribution in [1.29, 1.82) is 0 Å². The van der Waals surface area contributed by atoms with Gasteiger partial charge in [-0.05, 0) is 26.7 Å². The summed E-state index contributed by atoms with van der Waals surface area (Å²) in [5.74, 6) is 0.674. The largest absolute Gasteiger partial charge is 0.379 e. The van der Waals surface area contributed by atoms with Crippen molar-refractivity contribution in [2.24, 2.45) is 13.0 Å². The standard InChI is InChI=1S/C19H32N4O2/c1-6-16-11-23(12-17(16)22-7-9-25-10-8-22)19(24)13(2)18-14(3)20-21(5)15(18)4/h13,16-17H,6-12H2,1-5H3/t13-,16+,17+/m0/s1. The number of nitrogens with zero attached hydrogens (tertiary/aromatic N) is 4. The molecule has 3 rings (SSSR count). The number of ether oxygens (including phenoxy) is 1. The number of aryl methyl sites for hydroxylation is 2. The summed E-state index contributed by atoms with van der Waals surface area (Å²) in [5, 5.41) is 4.48. The summed E-state index contributed by atoms with van der Waals surface area (Å²) in [6, 6.07) is 0.473. The van der Waals surface area contributed by atoms with Gasteiger partial charge < -0.3 is 9.64 Å². The molecule has 140 valence electrons. The Morgan fingerprint density at radius 1 is 1.28 bits per heavy atom. The first kappa shape index (κ1) is 18.4. The van der Waals surface area contributed by atoms with Crippen molar-refractivity contribution >= 4 is 5.91 Å². The fourth-order valence-corrected chi connectivity index (χ4v) is 4.57. The molecule has 3 heterocycles. The molecule has 0 radical (unpaired) electrons. The van der Waals surface area contributed by atoms with Crippen molar-refractivity contribution in [2.75, 3.05) is 39.4 Å². The molecule has 2 aliphatic heterocycles. The highest BCUT2D eigenvalue weighted by atomic mass is 16.5. The van der Waals surface area contributed by atoms with E-state index in [1.54, 1.807) is 0 Å². The van der Waals surface area contributed by atoms with Crippen LogP contribution in [0, 0.1) is 19.8 Å². The average Bonchev–Trinajstić information content (AvgIpc) is 3.15. The molecule has 0 unspecified atom stereocenters. The summed E-state index contributed by atoms with van der Waals surface area (Å²) in [5.41, 5.74) is 3.15. The van der Waals surface area contributed by atoms with Gasteiger partial charge in [-0.25, -0.2) is 0 Å². The van der Waals surface area contributed by atoms with E-state index in [-0.39, 0.29) is 11.8 Å². The lowest BCUT2D eigenvalue weighted by molar-refractivity contribution is -0.131. The molecule has 1 aromatic rings.